The molecule has 25 heavy (non-hydrogen) atoms. The van der Waals surface area contributed by atoms with E-state index in [2.05, 4.69) is 20.9 Å². The standard InChI is InChI=1S/C16H21Cl2N5O2/c1-3-19-15(20-6-7-23-14(24)9-21-16(23)25)22-10(2)11-4-5-12(17)13(18)8-11/h4-5,8,10H,3,6-7,9H2,1-2H3,(H,21,25)(H2,19,20,22). The van der Waals surface area contributed by atoms with Crippen LogP contribution in [-0.4, -0.2) is 49.0 Å². The average molecular weight is 386 g/mol. The highest BCUT2D eigenvalue weighted by molar-refractivity contribution is 6.42. The largest absolute Gasteiger partial charge is 0.357 e. The molecule has 1 unspecified atom stereocenters. The van der Waals surface area contributed by atoms with E-state index >= 15 is 0 Å². The second-order valence-electron chi connectivity index (χ2n) is 5.50. The maximum atomic E-state index is 11.5. The first kappa shape index (κ1) is 19.3. The Hall–Kier alpha value is -1.99. The second kappa shape index (κ2) is 8.92. The van der Waals surface area contributed by atoms with Gasteiger partial charge in [0, 0.05) is 6.54 Å². The zero-order chi connectivity index (χ0) is 18.4. The third-order valence-corrected chi connectivity index (χ3v) is 4.41. The van der Waals surface area contributed by atoms with Crippen LogP contribution in [0.2, 0.25) is 10.0 Å². The van der Waals surface area contributed by atoms with Gasteiger partial charge in [-0.05, 0) is 31.5 Å². The quantitative estimate of drug-likeness (QED) is 0.397. The lowest BCUT2D eigenvalue weighted by Crippen LogP contribution is -2.40. The summed E-state index contributed by atoms with van der Waals surface area (Å²) in [6, 6.07) is 5.02. The van der Waals surface area contributed by atoms with Crippen molar-refractivity contribution in [3.05, 3.63) is 33.8 Å². The first-order valence-electron chi connectivity index (χ1n) is 8.00. The maximum absolute atomic E-state index is 11.5. The minimum atomic E-state index is -0.373. The molecule has 0 aromatic heterocycles. The Morgan fingerprint density at radius 2 is 2.12 bits per heavy atom. The van der Waals surface area contributed by atoms with Crippen LogP contribution in [0.5, 0.6) is 0 Å². The predicted octanol–water partition coefficient (Wildman–Crippen LogP) is 2.16. The van der Waals surface area contributed by atoms with Crippen LogP contribution in [-0.2, 0) is 4.79 Å². The van der Waals surface area contributed by atoms with E-state index in [4.69, 9.17) is 23.2 Å². The summed E-state index contributed by atoms with van der Waals surface area (Å²) in [5, 5.41) is 9.88. The summed E-state index contributed by atoms with van der Waals surface area (Å²) in [5.74, 6) is 0.357. The number of guanidine groups is 1. The van der Waals surface area contributed by atoms with Gasteiger partial charge < -0.3 is 16.0 Å². The van der Waals surface area contributed by atoms with Crippen LogP contribution in [0.1, 0.15) is 25.5 Å². The van der Waals surface area contributed by atoms with Crippen molar-refractivity contribution in [1.29, 1.82) is 0 Å². The van der Waals surface area contributed by atoms with Gasteiger partial charge in [0.2, 0.25) is 5.91 Å². The smallest absolute Gasteiger partial charge is 0.324 e. The Morgan fingerprint density at radius 1 is 1.36 bits per heavy atom. The van der Waals surface area contributed by atoms with Crippen molar-refractivity contribution >= 4 is 41.1 Å². The van der Waals surface area contributed by atoms with Crippen LogP contribution >= 0.6 is 23.2 Å². The van der Waals surface area contributed by atoms with Crippen LogP contribution in [0.15, 0.2) is 23.2 Å². The highest BCUT2D eigenvalue weighted by Crippen LogP contribution is 2.25. The van der Waals surface area contributed by atoms with Gasteiger partial charge in [-0.1, -0.05) is 29.3 Å². The Kier molecular flexibility index (Phi) is 6.90. The molecular formula is C16H21Cl2N5O2. The Balaban J connectivity index is 1.97. The van der Waals surface area contributed by atoms with E-state index in [1.54, 1.807) is 12.1 Å². The van der Waals surface area contributed by atoms with Gasteiger partial charge in [0.25, 0.3) is 0 Å². The molecule has 0 spiro atoms. The van der Waals surface area contributed by atoms with Crippen LogP contribution in [0, 0.1) is 0 Å². The summed E-state index contributed by atoms with van der Waals surface area (Å²) in [6.07, 6.45) is 0. The molecule has 136 valence electrons. The lowest BCUT2D eigenvalue weighted by molar-refractivity contribution is -0.124. The SMILES string of the molecule is CCNC(=NCCN1C(=O)CNC1=O)NC(C)c1ccc(Cl)c(Cl)c1. The van der Waals surface area contributed by atoms with Crippen molar-refractivity contribution in [2.45, 2.75) is 19.9 Å². The topological polar surface area (TPSA) is 85.8 Å². The molecule has 0 bridgehead atoms. The average Bonchev–Trinajstić information content (AvgIpc) is 2.89. The number of hydrogen-bond donors (Lipinski definition) is 3. The summed E-state index contributed by atoms with van der Waals surface area (Å²) < 4.78 is 0. The number of urea groups is 1. The minimum Gasteiger partial charge on any atom is -0.357 e. The molecule has 9 heteroatoms. The summed E-state index contributed by atoms with van der Waals surface area (Å²) in [7, 11) is 0. The number of imide groups is 1. The number of rotatable bonds is 6. The fourth-order valence-corrected chi connectivity index (χ4v) is 2.64. The number of amides is 3. The van der Waals surface area contributed by atoms with Crippen molar-refractivity contribution < 1.29 is 9.59 Å². The van der Waals surface area contributed by atoms with E-state index in [0.717, 1.165) is 10.5 Å². The molecule has 7 nitrogen and oxygen atoms in total. The molecule has 3 amide bonds. The summed E-state index contributed by atoms with van der Waals surface area (Å²) in [6.45, 7) is 5.21. The molecule has 0 aliphatic carbocycles. The third kappa shape index (κ3) is 5.24. The van der Waals surface area contributed by atoms with Gasteiger partial charge in [0.1, 0.15) is 0 Å². The van der Waals surface area contributed by atoms with Gasteiger partial charge in [0.05, 0.1) is 35.7 Å². The van der Waals surface area contributed by atoms with Gasteiger partial charge >= 0.3 is 6.03 Å². The fourth-order valence-electron chi connectivity index (χ4n) is 2.33. The van der Waals surface area contributed by atoms with Gasteiger partial charge in [-0.15, -0.1) is 0 Å². The van der Waals surface area contributed by atoms with Crippen molar-refractivity contribution in [2.75, 3.05) is 26.2 Å². The molecule has 0 radical (unpaired) electrons. The zero-order valence-corrected chi connectivity index (χ0v) is 15.6. The molecule has 1 aromatic rings. The Labute approximate surface area is 156 Å². The predicted molar refractivity (Wildman–Crippen MR) is 99.1 cm³/mol. The van der Waals surface area contributed by atoms with Gasteiger partial charge in [-0.25, -0.2) is 4.79 Å². The molecule has 0 saturated carbocycles. The Morgan fingerprint density at radius 3 is 2.72 bits per heavy atom. The summed E-state index contributed by atoms with van der Waals surface area (Å²) in [4.78, 5) is 28.6. The van der Waals surface area contributed by atoms with Gasteiger partial charge in [-0.3, -0.25) is 14.7 Å². The lowest BCUT2D eigenvalue weighted by Gasteiger charge is -2.19. The first-order valence-corrected chi connectivity index (χ1v) is 8.76. The molecule has 1 fully saturated rings. The number of aliphatic imine (C=N–C) groups is 1. The van der Waals surface area contributed by atoms with Crippen LogP contribution < -0.4 is 16.0 Å². The summed E-state index contributed by atoms with van der Waals surface area (Å²) >= 11 is 12.0. The van der Waals surface area contributed by atoms with E-state index in [9.17, 15) is 9.59 Å². The van der Waals surface area contributed by atoms with Crippen molar-refractivity contribution in [3.63, 3.8) is 0 Å². The van der Waals surface area contributed by atoms with Crippen LogP contribution in [0.25, 0.3) is 0 Å². The fraction of sp³-hybridized carbons (Fsp3) is 0.438. The number of nitrogens with one attached hydrogen (secondary N) is 3. The molecule has 3 N–H and O–H groups in total. The molecule has 1 heterocycles. The molecule has 1 aromatic carbocycles. The van der Waals surface area contributed by atoms with E-state index in [-0.39, 0.29) is 31.1 Å². The monoisotopic (exact) mass is 385 g/mol. The van der Waals surface area contributed by atoms with E-state index in [1.165, 1.54) is 0 Å². The molecule has 1 saturated heterocycles. The summed E-state index contributed by atoms with van der Waals surface area (Å²) in [5.41, 5.74) is 0.967. The van der Waals surface area contributed by atoms with Gasteiger partial charge in [-0.2, -0.15) is 0 Å². The molecule has 1 atom stereocenters. The second-order valence-corrected chi connectivity index (χ2v) is 6.32. The number of carbonyl (C=O) groups excluding carboxylic acids is 2. The van der Waals surface area contributed by atoms with E-state index < -0.39 is 0 Å². The maximum Gasteiger partial charge on any atom is 0.324 e. The van der Waals surface area contributed by atoms with Crippen LogP contribution in [0.4, 0.5) is 4.79 Å². The number of benzene rings is 1. The first-order chi connectivity index (χ1) is 11.9. The van der Waals surface area contributed by atoms with Gasteiger partial charge in [0.15, 0.2) is 5.96 Å². The minimum absolute atomic E-state index is 0.0508. The molecule has 2 rings (SSSR count). The van der Waals surface area contributed by atoms with Crippen molar-refractivity contribution in [2.24, 2.45) is 4.99 Å². The number of nitrogens with zero attached hydrogens (tertiary/aromatic N) is 2. The number of halogens is 2. The molecule has 1 aliphatic rings. The molecular weight excluding hydrogens is 365 g/mol. The highest BCUT2D eigenvalue weighted by atomic mass is 35.5. The highest BCUT2D eigenvalue weighted by Gasteiger charge is 2.27. The van der Waals surface area contributed by atoms with E-state index in [0.29, 0.717) is 29.1 Å². The number of carbonyl (C=O) groups is 2. The number of hydrogen-bond acceptors (Lipinski definition) is 3. The van der Waals surface area contributed by atoms with Crippen LogP contribution in [0.3, 0.4) is 0 Å². The zero-order valence-electron chi connectivity index (χ0n) is 14.1. The Bertz CT molecular complexity index is 664. The van der Waals surface area contributed by atoms with E-state index in [1.807, 2.05) is 19.9 Å². The molecule has 1 aliphatic heterocycles. The van der Waals surface area contributed by atoms with Crippen molar-refractivity contribution in [1.82, 2.24) is 20.9 Å². The lowest BCUT2D eigenvalue weighted by atomic mass is 10.1. The normalized spacial score (nSPS) is 16.0. The third-order valence-electron chi connectivity index (χ3n) is 3.67. The van der Waals surface area contributed by atoms with Crippen molar-refractivity contribution in [3.8, 4) is 0 Å².